The number of benzene rings is 2. The minimum atomic E-state index is -3.72. The summed E-state index contributed by atoms with van der Waals surface area (Å²) in [5.74, 6) is -3.48. The Hall–Kier alpha value is -2.68. The number of nitriles is 1. The number of hydrogen-bond acceptors (Lipinski definition) is 6. The fourth-order valence-electron chi connectivity index (χ4n) is 3.12. The van der Waals surface area contributed by atoms with Crippen LogP contribution in [0.25, 0.3) is 0 Å². The summed E-state index contributed by atoms with van der Waals surface area (Å²) in [5.41, 5.74) is -1.20. The lowest BCUT2D eigenvalue weighted by molar-refractivity contribution is 0.102. The largest absolute Gasteiger partial charge is 0.496 e. The first-order valence-corrected chi connectivity index (χ1v) is 10.6. The standard InChI is InChI=1S/C20H18F2N2O5S.H2S/c1-28-18-3-2-14(30(26,27)11-12-4-5-29-10-12)8-15(18)20(25)24-19-16(21)6-13(9-23)7-17(19)22;/h2-3,6-8,12H,4-5,10-11H2,1H3,(H,24,25);1H2/t12-;/m0./s1. The van der Waals surface area contributed by atoms with Crippen LogP contribution in [0, 0.1) is 28.9 Å². The number of hydrogen-bond donors (Lipinski definition) is 1. The van der Waals surface area contributed by atoms with Crippen molar-refractivity contribution in [1.82, 2.24) is 0 Å². The molecule has 1 amide bonds. The molecule has 0 aliphatic carbocycles. The monoisotopic (exact) mass is 470 g/mol. The zero-order valence-electron chi connectivity index (χ0n) is 16.4. The second-order valence-electron chi connectivity index (χ2n) is 6.75. The van der Waals surface area contributed by atoms with Crippen LogP contribution in [-0.4, -0.2) is 40.4 Å². The van der Waals surface area contributed by atoms with E-state index in [9.17, 15) is 22.0 Å². The van der Waals surface area contributed by atoms with Gasteiger partial charge in [0.2, 0.25) is 0 Å². The van der Waals surface area contributed by atoms with Crippen LogP contribution in [0.5, 0.6) is 5.75 Å². The molecule has 166 valence electrons. The molecule has 0 unspecified atom stereocenters. The van der Waals surface area contributed by atoms with Gasteiger partial charge >= 0.3 is 0 Å². The molecule has 0 saturated carbocycles. The summed E-state index contributed by atoms with van der Waals surface area (Å²) in [4.78, 5) is 12.6. The van der Waals surface area contributed by atoms with Gasteiger partial charge < -0.3 is 14.8 Å². The van der Waals surface area contributed by atoms with Crippen molar-refractivity contribution >= 4 is 34.9 Å². The number of nitrogens with zero attached hydrogens (tertiary/aromatic N) is 1. The first kappa shape index (κ1) is 24.6. The molecule has 0 bridgehead atoms. The fraction of sp³-hybridized carbons (Fsp3) is 0.300. The molecule has 1 heterocycles. The highest BCUT2D eigenvalue weighted by Crippen LogP contribution is 2.28. The molecule has 11 heteroatoms. The quantitative estimate of drug-likeness (QED) is 0.696. The SMILES string of the molecule is COc1ccc(S(=O)(=O)C[C@H]2CCOC2)cc1C(=O)Nc1c(F)cc(C#N)cc1F.S. The summed E-state index contributed by atoms with van der Waals surface area (Å²) >= 11 is 0. The van der Waals surface area contributed by atoms with Crippen LogP contribution < -0.4 is 10.1 Å². The van der Waals surface area contributed by atoms with Gasteiger partial charge in [0.15, 0.2) is 21.5 Å². The Morgan fingerprint density at radius 1 is 1.29 bits per heavy atom. The van der Waals surface area contributed by atoms with Gasteiger partial charge in [-0.2, -0.15) is 18.8 Å². The lowest BCUT2D eigenvalue weighted by atomic mass is 10.1. The van der Waals surface area contributed by atoms with Crippen molar-refractivity contribution in [2.24, 2.45) is 5.92 Å². The van der Waals surface area contributed by atoms with Gasteiger partial charge in [-0.3, -0.25) is 4.79 Å². The maximum absolute atomic E-state index is 14.1. The summed E-state index contributed by atoms with van der Waals surface area (Å²) in [6.07, 6.45) is 0.625. The average Bonchev–Trinajstić information content (AvgIpc) is 3.22. The van der Waals surface area contributed by atoms with Crippen LogP contribution in [0.1, 0.15) is 22.3 Å². The van der Waals surface area contributed by atoms with E-state index in [1.807, 2.05) is 0 Å². The number of halogens is 2. The predicted octanol–water partition coefficient (Wildman–Crippen LogP) is 3.02. The number of carbonyl (C=O) groups is 1. The summed E-state index contributed by atoms with van der Waals surface area (Å²) in [6, 6.07) is 6.88. The molecule has 0 radical (unpaired) electrons. The number of methoxy groups -OCH3 is 1. The van der Waals surface area contributed by atoms with Crippen LogP contribution >= 0.6 is 13.5 Å². The highest BCUT2D eigenvalue weighted by molar-refractivity contribution is 7.91. The van der Waals surface area contributed by atoms with E-state index in [-0.39, 0.29) is 46.9 Å². The van der Waals surface area contributed by atoms with Gasteiger partial charge in [-0.25, -0.2) is 17.2 Å². The topological polar surface area (TPSA) is 105 Å². The third-order valence-corrected chi connectivity index (χ3v) is 6.55. The van der Waals surface area contributed by atoms with Crippen molar-refractivity contribution in [3.63, 3.8) is 0 Å². The smallest absolute Gasteiger partial charge is 0.259 e. The number of carbonyl (C=O) groups excluding carboxylic acids is 1. The van der Waals surface area contributed by atoms with E-state index in [0.29, 0.717) is 19.6 Å². The molecule has 0 spiro atoms. The maximum atomic E-state index is 14.1. The Morgan fingerprint density at radius 2 is 1.97 bits per heavy atom. The third kappa shape index (κ3) is 5.52. The Kier molecular flexibility index (Phi) is 8.00. The molecule has 1 saturated heterocycles. The van der Waals surface area contributed by atoms with E-state index in [1.165, 1.54) is 19.2 Å². The third-order valence-electron chi connectivity index (χ3n) is 4.66. The molecule has 1 N–H and O–H groups in total. The van der Waals surface area contributed by atoms with Crippen molar-refractivity contribution in [1.29, 1.82) is 5.26 Å². The molecular weight excluding hydrogens is 450 g/mol. The van der Waals surface area contributed by atoms with Crippen molar-refractivity contribution in [3.05, 3.63) is 53.1 Å². The Labute approximate surface area is 185 Å². The minimum absolute atomic E-state index is 0. The van der Waals surface area contributed by atoms with Gasteiger partial charge in [0.05, 0.1) is 41.6 Å². The van der Waals surface area contributed by atoms with Gasteiger partial charge in [-0.05, 0) is 42.7 Å². The molecule has 2 aromatic rings. The number of sulfone groups is 1. The van der Waals surface area contributed by atoms with E-state index in [4.69, 9.17) is 14.7 Å². The van der Waals surface area contributed by atoms with Crippen molar-refractivity contribution < 1.29 is 31.5 Å². The number of anilines is 1. The lowest BCUT2D eigenvalue weighted by Gasteiger charge is -2.14. The zero-order valence-corrected chi connectivity index (χ0v) is 18.3. The molecule has 1 aliphatic heterocycles. The Morgan fingerprint density at radius 3 is 2.52 bits per heavy atom. The summed E-state index contributed by atoms with van der Waals surface area (Å²) in [5, 5.41) is 10.8. The van der Waals surface area contributed by atoms with E-state index >= 15 is 0 Å². The van der Waals surface area contributed by atoms with Gasteiger partial charge in [0.25, 0.3) is 5.91 Å². The number of rotatable bonds is 6. The van der Waals surface area contributed by atoms with Crippen LogP contribution in [0.4, 0.5) is 14.5 Å². The predicted molar refractivity (Wildman–Crippen MR) is 113 cm³/mol. The maximum Gasteiger partial charge on any atom is 0.259 e. The molecule has 31 heavy (non-hydrogen) atoms. The molecule has 0 aromatic heterocycles. The molecule has 2 aromatic carbocycles. The first-order valence-electron chi connectivity index (χ1n) is 8.94. The average molecular weight is 471 g/mol. The molecule has 1 fully saturated rings. The van der Waals surface area contributed by atoms with Gasteiger partial charge in [0.1, 0.15) is 11.4 Å². The van der Waals surface area contributed by atoms with Crippen molar-refractivity contribution in [3.8, 4) is 11.8 Å². The lowest BCUT2D eigenvalue weighted by Crippen LogP contribution is -2.19. The molecule has 3 rings (SSSR count). The van der Waals surface area contributed by atoms with Crippen LogP contribution in [-0.2, 0) is 14.6 Å². The summed E-state index contributed by atoms with van der Waals surface area (Å²) in [6.45, 7) is 0.845. The van der Waals surface area contributed by atoms with E-state index in [0.717, 1.165) is 18.2 Å². The first-order chi connectivity index (χ1) is 14.2. The molecule has 1 atom stereocenters. The zero-order chi connectivity index (χ0) is 21.9. The summed E-state index contributed by atoms with van der Waals surface area (Å²) in [7, 11) is -2.45. The number of ether oxygens (including phenoxy) is 2. The highest BCUT2D eigenvalue weighted by Gasteiger charge is 2.27. The second kappa shape index (κ2) is 10.1. The fourth-order valence-corrected chi connectivity index (χ4v) is 4.77. The molecule has 7 nitrogen and oxygen atoms in total. The normalized spacial score (nSPS) is 15.6. The van der Waals surface area contributed by atoms with E-state index in [2.05, 4.69) is 5.32 Å². The Bertz CT molecular complexity index is 1100. The number of amides is 1. The van der Waals surface area contributed by atoms with Gasteiger partial charge in [-0.1, -0.05) is 0 Å². The second-order valence-corrected chi connectivity index (χ2v) is 8.79. The highest BCUT2D eigenvalue weighted by atomic mass is 32.2. The van der Waals surface area contributed by atoms with Crippen LogP contribution in [0.3, 0.4) is 0 Å². The van der Waals surface area contributed by atoms with Crippen LogP contribution in [0.15, 0.2) is 35.2 Å². The molecule has 1 aliphatic rings. The van der Waals surface area contributed by atoms with Crippen molar-refractivity contribution in [2.75, 3.05) is 31.4 Å². The Balaban J connectivity index is 0.00000341. The van der Waals surface area contributed by atoms with Crippen molar-refractivity contribution in [2.45, 2.75) is 11.3 Å². The minimum Gasteiger partial charge on any atom is -0.496 e. The summed E-state index contributed by atoms with van der Waals surface area (Å²) < 4.78 is 64.0. The van der Waals surface area contributed by atoms with E-state index in [1.54, 1.807) is 6.07 Å². The van der Waals surface area contributed by atoms with Gasteiger partial charge in [0, 0.05) is 6.61 Å². The molecular formula is C20H20F2N2O5S2. The van der Waals surface area contributed by atoms with Gasteiger partial charge in [-0.15, -0.1) is 0 Å². The number of nitrogens with one attached hydrogen (secondary N) is 1. The van der Waals surface area contributed by atoms with Crippen LogP contribution in [0.2, 0.25) is 0 Å². The van der Waals surface area contributed by atoms with E-state index < -0.39 is 33.1 Å².